The van der Waals surface area contributed by atoms with Gasteiger partial charge in [-0.15, -0.1) is 11.3 Å². The number of carbonyl (C=O) groups excluding carboxylic acids is 1. The van der Waals surface area contributed by atoms with Gasteiger partial charge in [0.15, 0.2) is 0 Å². The first kappa shape index (κ1) is 16.1. The minimum Gasteiger partial charge on any atom is -0.312 e. The largest absolute Gasteiger partial charge is 0.312 e. The van der Waals surface area contributed by atoms with E-state index in [2.05, 4.69) is 4.98 Å². The number of amides is 1. The summed E-state index contributed by atoms with van der Waals surface area (Å²) in [5.41, 5.74) is 2.39. The van der Waals surface area contributed by atoms with Gasteiger partial charge in [0.2, 0.25) is 0 Å². The Hall–Kier alpha value is -2.79. The predicted molar refractivity (Wildman–Crippen MR) is 96.4 cm³/mol. The van der Waals surface area contributed by atoms with Crippen molar-refractivity contribution in [2.75, 3.05) is 11.9 Å². The van der Waals surface area contributed by atoms with Crippen LogP contribution in [0, 0.1) is 5.82 Å². The number of hydrogen-bond donors (Lipinski definition) is 0. The van der Waals surface area contributed by atoms with Crippen molar-refractivity contribution in [1.29, 1.82) is 0 Å². The number of nitrogens with zero attached hydrogens (tertiary/aromatic N) is 2. The fourth-order valence-electron chi connectivity index (χ4n) is 2.14. The van der Waals surface area contributed by atoms with Gasteiger partial charge in [-0.3, -0.25) is 4.79 Å². The summed E-state index contributed by atoms with van der Waals surface area (Å²) < 4.78 is 13.0. The van der Waals surface area contributed by atoms with Gasteiger partial charge in [-0.1, -0.05) is 18.2 Å². The highest BCUT2D eigenvalue weighted by Gasteiger charge is 2.08. The number of para-hydroxylation sites is 1. The lowest BCUT2D eigenvalue weighted by molar-refractivity contribution is -0.113. The molecule has 120 valence electrons. The number of anilines is 1. The van der Waals surface area contributed by atoms with Crippen LogP contribution in [0.5, 0.6) is 0 Å². The molecule has 0 atom stereocenters. The number of carbonyl (C=O) groups is 1. The second-order valence-corrected chi connectivity index (χ2v) is 6.01. The molecule has 5 heteroatoms. The molecule has 3 rings (SSSR count). The van der Waals surface area contributed by atoms with Crippen LogP contribution >= 0.6 is 11.3 Å². The number of hydrogen-bond acceptors (Lipinski definition) is 3. The number of likely N-dealkylation sites (N-methyl/N-ethyl adjacent to an activating group) is 1. The van der Waals surface area contributed by atoms with Gasteiger partial charge < -0.3 is 4.90 Å². The van der Waals surface area contributed by atoms with Crippen LogP contribution in [0.2, 0.25) is 0 Å². The van der Waals surface area contributed by atoms with Crippen molar-refractivity contribution in [3.63, 3.8) is 0 Å². The molecule has 0 aliphatic carbocycles. The molecule has 2 aromatic carbocycles. The second kappa shape index (κ2) is 7.19. The lowest BCUT2D eigenvalue weighted by atomic mass is 10.2. The monoisotopic (exact) mass is 338 g/mol. The Morgan fingerprint density at radius 1 is 1.12 bits per heavy atom. The van der Waals surface area contributed by atoms with Crippen LogP contribution in [0.1, 0.15) is 5.69 Å². The van der Waals surface area contributed by atoms with Crippen molar-refractivity contribution >= 4 is 29.0 Å². The van der Waals surface area contributed by atoms with E-state index in [1.807, 2.05) is 35.7 Å². The first-order valence-corrected chi connectivity index (χ1v) is 8.24. The van der Waals surface area contributed by atoms with Crippen LogP contribution in [-0.4, -0.2) is 17.9 Å². The standard InChI is InChI=1S/C19H15FN2OS/c1-22(17-5-3-2-4-6-17)18(23)12-11-16-13-24-19(21-16)14-7-9-15(20)10-8-14/h2-13H,1H3/b12-11+. The Kier molecular flexibility index (Phi) is 4.82. The van der Waals surface area contributed by atoms with Crippen molar-refractivity contribution < 1.29 is 9.18 Å². The van der Waals surface area contributed by atoms with E-state index in [4.69, 9.17) is 0 Å². The molecule has 3 nitrogen and oxygen atoms in total. The van der Waals surface area contributed by atoms with E-state index in [1.54, 1.807) is 30.2 Å². The highest BCUT2D eigenvalue weighted by Crippen LogP contribution is 2.24. The molecule has 0 saturated heterocycles. The zero-order chi connectivity index (χ0) is 16.9. The molecular formula is C19H15FN2OS. The van der Waals surface area contributed by atoms with Crippen LogP contribution in [-0.2, 0) is 4.79 Å². The van der Waals surface area contributed by atoms with Gasteiger partial charge in [0.05, 0.1) is 5.69 Å². The average Bonchev–Trinajstić information content (AvgIpc) is 3.09. The summed E-state index contributed by atoms with van der Waals surface area (Å²) in [6.45, 7) is 0. The molecule has 0 radical (unpaired) electrons. The molecule has 1 amide bonds. The first-order valence-electron chi connectivity index (χ1n) is 7.36. The molecule has 3 aromatic rings. The van der Waals surface area contributed by atoms with Gasteiger partial charge in [0.25, 0.3) is 5.91 Å². The molecule has 0 aliphatic rings. The zero-order valence-corrected chi connectivity index (χ0v) is 13.8. The van der Waals surface area contributed by atoms with Crippen molar-refractivity contribution in [2.24, 2.45) is 0 Å². The molecule has 0 N–H and O–H groups in total. The Balaban J connectivity index is 1.71. The van der Waals surface area contributed by atoms with E-state index in [9.17, 15) is 9.18 Å². The van der Waals surface area contributed by atoms with E-state index in [0.29, 0.717) is 5.69 Å². The average molecular weight is 338 g/mol. The highest BCUT2D eigenvalue weighted by atomic mass is 32.1. The number of rotatable bonds is 4. The van der Waals surface area contributed by atoms with Crippen molar-refractivity contribution in [2.45, 2.75) is 0 Å². The Bertz CT molecular complexity index is 857. The molecule has 0 unspecified atom stereocenters. The van der Waals surface area contributed by atoms with Crippen molar-refractivity contribution in [1.82, 2.24) is 4.98 Å². The Morgan fingerprint density at radius 2 is 1.83 bits per heavy atom. The lowest BCUT2D eigenvalue weighted by Gasteiger charge is -2.14. The van der Waals surface area contributed by atoms with Crippen molar-refractivity contribution in [3.05, 3.63) is 77.6 Å². The van der Waals surface area contributed by atoms with Gasteiger partial charge in [0, 0.05) is 29.8 Å². The SMILES string of the molecule is CN(C(=O)/C=C/c1csc(-c2ccc(F)cc2)n1)c1ccccc1. The molecule has 0 bridgehead atoms. The van der Waals surface area contributed by atoms with Crippen LogP contribution in [0.25, 0.3) is 16.6 Å². The number of benzene rings is 2. The minimum atomic E-state index is -0.273. The summed E-state index contributed by atoms with van der Waals surface area (Å²) >= 11 is 1.46. The van der Waals surface area contributed by atoms with Crippen molar-refractivity contribution in [3.8, 4) is 10.6 Å². The predicted octanol–water partition coefficient (Wildman–Crippen LogP) is 4.63. The molecular weight excluding hydrogens is 323 g/mol. The molecule has 0 fully saturated rings. The number of thiazole rings is 1. The van der Waals surface area contributed by atoms with Gasteiger partial charge in [-0.05, 0) is 42.5 Å². The summed E-state index contributed by atoms with van der Waals surface area (Å²) in [6, 6.07) is 15.6. The smallest absolute Gasteiger partial charge is 0.250 e. The molecule has 0 saturated carbocycles. The van der Waals surface area contributed by atoms with E-state index in [1.165, 1.54) is 29.5 Å². The van der Waals surface area contributed by atoms with Crippen LogP contribution in [0.3, 0.4) is 0 Å². The van der Waals surface area contributed by atoms with Gasteiger partial charge >= 0.3 is 0 Å². The quantitative estimate of drug-likeness (QED) is 0.650. The van der Waals surface area contributed by atoms with Crippen LogP contribution in [0.4, 0.5) is 10.1 Å². The molecule has 24 heavy (non-hydrogen) atoms. The summed E-state index contributed by atoms with van der Waals surface area (Å²) in [5, 5.41) is 2.66. The topological polar surface area (TPSA) is 33.2 Å². The third kappa shape index (κ3) is 3.75. The van der Waals surface area contributed by atoms with E-state index in [-0.39, 0.29) is 11.7 Å². The summed E-state index contributed by atoms with van der Waals surface area (Å²) in [4.78, 5) is 18.2. The van der Waals surface area contributed by atoms with Crippen LogP contribution in [0.15, 0.2) is 66.1 Å². The fraction of sp³-hybridized carbons (Fsp3) is 0.0526. The number of halogens is 1. The maximum Gasteiger partial charge on any atom is 0.250 e. The van der Waals surface area contributed by atoms with Gasteiger partial charge in [0.1, 0.15) is 10.8 Å². The lowest BCUT2D eigenvalue weighted by Crippen LogP contribution is -2.23. The van der Waals surface area contributed by atoms with Gasteiger partial charge in [-0.25, -0.2) is 9.37 Å². The summed E-state index contributed by atoms with van der Waals surface area (Å²) in [7, 11) is 1.73. The Labute approximate surface area is 143 Å². The minimum absolute atomic E-state index is 0.127. The van der Waals surface area contributed by atoms with E-state index < -0.39 is 0 Å². The second-order valence-electron chi connectivity index (χ2n) is 5.15. The maximum absolute atomic E-state index is 13.0. The normalized spacial score (nSPS) is 10.9. The summed E-state index contributed by atoms with van der Waals surface area (Å²) in [6.07, 6.45) is 3.18. The van der Waals surface area contributed by atoms with E-state index in [0.717, 1.165) is 16.3 Å². The van der Waals surface area contributed by atoms with Gasteiger partial charge in [-0.2, -0.15) is 0 Å². The highest BCUT2D eigenvalue weighted by molar-refractivity contribution is 7.13. The third-order valence-corrected chi connectivity index (χ3v) is 4.39. The zero-order valence-electron chi connectivity index (χ0n) is 13.0. The van der Waals surface area contributed by atoms with Crippen LogP contribution < -0.4 is 4.90 Å². The molecule has 0 spiro atoms. The molecule has 0 aliphatic heterocycles. The molecule has 1 heterocycles. The fourth-order valence-corrected chi connectivity index (χ4v) is 2.93. The summed E-state index contributed by atoms with van der Waals surface area (Å²) in [5.74, 6) is -0.400. The van der Waals surface area contributed by atoms with E-state index >= 15 is 0 Å². The number of aromatic nitrogens is 1. The molecule has 1 aromatic heterocycles. The third-order valence-electron chi connectivity index (χ3n) is 3.48. The Morgan fingerprint density at radius 3 is 2.54 bits per heavy atom. The first-order chi connectivity index (χ1) is 11.6. The maximum atomic E-state index is 13.0.